The van der Waals surface area contributed by atoms with E-state index in [-0.39, 0.29) is 11.4 Å². The number of amides is 1. The second-order valence-electron chi connectivity index (χ2n) is 9.30. The van der Waals surface area contributed by atoms with Gasteiger partial charge in [-0.3, -0.25) is 4.79 Å². The molecule has 8 nitrogen and oxygen atoms in total. The lowest BCUT2D eigenvalue weighted by atomic mass is 9.78. The zero-order chi connectivity index (χ0) is 23.7. The summed E-state index contributed by atoms with van der Waals surface area (Å²) in [6.07, 6.45) is 5.42. The number of hydrogen-bond acceptors (Lipinski definition) is 6. The van der Waals surface area contributed by atoms with Crippen LogP contribution in [-0.2, 0) is 6.54 Å². The second kappa shape index (κ2) is 8.92. The molecular weight excluding hydrogens is 428 g/mol. The summed E-state index contributed by atoms with van der Waals surface area (Å²) in [5.74, 6) is 0.223. The van der Waals surface area contributed by atoms with Crippen molar-refractivity contribution in [3.63, 3.8) is 0 Å². The first-order valence-corrected chi connectivity index (χ1v) is 11.8. The Morgan fingerprint density at radius 3 is 3.03 bits per heavy atom. The predicted molar refractivity (Wildman–Crippen MR) is 129 cm³/mol. The SMILES string of the molecule is CCN(C(=O)c1nc2cc(C#N)ccc2[nH]1)C1(C)CCC[C@@H](NCc2ccc3ocnc3c2)C1. The first-order valence-electron chi connectivity index (χ1n) is 11.8. The largest absolute Gasteiger partial charge is 0.443 e. The van der Waals surface area contributed by atoms with Gasteiger partial charge in [0.05, 0.1) is 22.7 Å². The smallest absolute Gasteiger partial charge is 0.290 e. The van der Waals surface area contributed by atoms with Crippen molar-refractivity contribution in [1.29, 1.82) is 5.26 Å². The van der Waals surface area contributed by atoms with Gasteiger partial charge >= 0.3 is 0 Å². The van der Waals surface area contributed by atoms with E-state index in [1.807, 2.05) is 17.9 Å². The lowest BCUT2D eigenvalue weighted by molar-refractivity contribution is 0.0359. The topological polar surface area (TPSA) is 111 Å². The molecule has 2 heterocycles. The molecule has 1 saturated carbocycles. The van der Waals surface area contributed by atoms with Crippen molar-refractivity contribution in [1.82, 2.24) is 25.2 Å². The van der Waals surface area contributed by atoms with Gasteiger partial charge in [-0.05, 0) is 75.4 Å². The molecule has 5 rings (SSSR count). The number of hydrogen-bond donors (Lipinski definition) is 2. The number of oxazole rings is 1. The van der Waals surface area contributed by atoms with Crippen LogP contribution in [0.2, 0.25) is 0 Å². The number of fused-ring (bicyclic) bond motifs is 2. The first kappa shape index (κ1) is 22.1. The third kappa shape index (κ3) is 4.15. The van der Waals surface area contributed by atoms with Crippen LogP contribution in [0.15, 0.2) is 47.2 Å². The van der Waals surface area contributed by atoms with Crippen LogP contribution < -0.4 is 5.32 Å². The summed E-state index contributed by atoms with van der Waals surface area (Å²) < 4.78 is 5.33. The number of nitrogens with one attached hydrogen (secondary N) is 2. The van der Waals surface area contributed by atoms with Crippen molar-refractivity contribution in [3.05, 3.63) is 59.7 Å². The highest BCUT2D eigenvalue weighted by molar-refractivity contribution is 5.94. The number of carbonyl (C=O) groups is 1. The van der Waals surface area contributed by atoms with E-state index in [0.717, 1.165) is 54.4 Å². The Morgan fingerprint density at radius 1 is 1.32 bits per heavy atom. The Labute approximate surface area is 198 Å². The summed E-state index contributed by atoms with van der Waals surface area (Å²) in [7, 11) is 0. The molecular formula is C26H28N6O2. The average Bonchev–Trinajstić information content (AvgIpc) is 3.49. The van der Waals surface area contributed by atoms with Crippen molar-refractivity contribution in [2.45, 2.75) is 57.7 Å². The number of carbonyl (C=O) groups excluding carboxylic acids is 1. The fraction of sp³-hybridized carbons (Fsp3) is 0.385. The van der Waals surface area contributed by atoms with Crippen LogP contribution in [0.5, 0.6) is 0 Å². The molecule has 1 fully saturated rings. The Bertz CT molecular complexity index is 1380. The zero-order valence-corrected chi connectivity index (χ0v) is 19.5. The first-order chi connectivity index (χ1) is 16.5. The van der Waals surface area contributed by atoms with Crippen LogP contribution in [0.25, 0.3) is 22.1 Å². The van der Waals surface area contributed by atoms with Crippen molar-refractivity contribution in [2.75, 3.05) is 6.54 Å². The molecule has 0 aliphatic heterocycles. The van der Waals surface area contributed by atoms with Crippen molar-refractivity contribution < 1.29 is 9.21 Å². The lowest BCUT2D eigenvalue weighted by Crippen LogP contribution is -2.55. The molecule has 2 aromatic carbocycles. The maximum absolute atomic E-state index is 13.5. The Kier molecular flexibility index (Phi) is 5.80. The summed E-state index contributed by atoms with van der Waals surface area (Å²) >= 11 is 0. The van der Waals surface area contributed by atoms with Gasteiger partial charge in [-0.1, -0.05) is 6.07 Å². The monoisotopic (exact) mass is 456 g/mol. The van der Waals surface area contributed by atoms with Crippen LogP contribution in [0, 0.1) is 11.3 Å². The number of imidazole rings is 1. The highest BCUT2D eigenvalue weighted by Gasteiger charge is 2.40. The molecule has 2 N–H and O–H groups in total. The third-order valence-electron chi connectivity index (χ3n) is 6.97. The molecule has 2 aromatic heterocycles. The van der Waals surface area contributed by atoms with E-state index in [4.69, 9.17) is 9.68 Å². The quantitative estimate of drug-likeness (QED) is 0.441. The maximum atomic E-state index is 13.5. The molecule has 34 heavy (non-hydrogen) atoms. The molecule has 0 spiro atoms. The molecule has 1 aliphatic rings. The van der Waals surface area contributed by atoms with Gasteiger partial charge < -0.3 is 19.6 Å². The number of nitriles is 1. The molecule has 1 aliphatic carbocycles. The number of aromatic amines is 1. The van der Waals surface area contributed by atoms with Crippen molar-refractivity contribution in [2.24, 2.45) is 0 Å². The summed E-state index contributed by atoms with van der Waals surface area (Å²) in [4.78, 5) is 27.4. The number of nitrogens with zero attached hydrogens (tertiary/aromatic N) is 4. The summed E-state index contributed by atoms with van der Waals surface area (Å²) in [6.45, 7) is 5.55. The van der Waals surface area contributed by atoms with E-state index in [2.05, 4.69) is 45.4 Å². The van der Waals surface area contributed by atoms with Gasteiger partial charge in [0.25, 0.3) is 5.91 Å². The molecule has 8 heteroatoms. The molecule has 0 radical (unpaired) electrons. The standard InChI is InChI=1S/C26H28N6O2/c1-3-32(25(33)24-30-20-8-6-17(14-27)11-21(20)31-24)26(2)10-4-5-19(13-26)28-15-18-7-9-23-22(12-18)29-16-34-23/h6-9,11-12,16,19,28H,3-5,10,13,15H2,1-2H3,(H,30,31)/t19-,26?/m1/s1. The van der Waals surface area contributed by atoms with Crippen LogP contribution >= 0.6 is 0 Å². The molecule has 0 saturated heterocycles. The summed E-state index contributed by atoms with van der Waals surface area (Å²) in [6, 6.07) is 13.7. The van der Waals surface area contributed by atoms with E-state index in [9.17, 15) is 4.79 Å². The minimum Gasteiger partial charge on any atom is -0.443 e. The van der Waals surface area contributed by atoms with Crippen LogP contribution in [-0.4, -0.2) is 43.9 Å². The number of rotatable bonds is 6. The van der Waals surface area contributed by atoms with Gasteiger partial charge in [-0.15, -0.1) is 0 Å². The molecule has 1 amide bonds. The second-order valence-corrected chi connectivity index (χ2v) is 9.30. The predicted octanol–water partition coefficient (Wildman–Crippen LogP) is 4.53. The van der Waals surface area contributed by atoms with E-state index >= 15 is 0 Å². The summed E-state index contributed by atoms with van der Waals surface area (Å²) in [5.41, 5.74) is 4.47. The molecule has 4 aromatic rings. The van der Waals surface area contributed by atoms with Crippen LogP contribution in [0.1, 0.15) is 61.3 Å². The highest BCUT2D eigenvalue weighted by atomic mass is 16.3. The van der Waals surface area contributed by atoms with E-state index in [1.165, 1.54) is 6.39 Å². The molecule has 1 unspecified atom stereocenters. The van der Waals surface area contributed by atoms with Gasteiger partial charge in [0.15, 0.2) is 17.8 Å². The number of benzene rings is 2. The zero-order valence-electron chi connectivity index (χ0n) is 19.5. The average molecular weight is 457 g/mol. The van der Waals surface area contributed by atoms with Crippen molar-refractivity contribution >= 4 is 28.0 Å². The van der Waals surface area contributed by atoms with E-state index < -0.39 is 0 Å². The minimum atomic E-state index is -0.269. The fourth-order valence-electron chi connectivity index (χ4n) is 5.23. The normalized spacial score (nSPS) is 20.4. The summed E-state index contributed by atoms with van der Waals surface area (Å²) in [5, 5.41) is 12.8. The Morgan fingerprint density at radius 2 is 2.21 bits per heavy atom. The molecule has 2 atom stereocenters. The maximum Gasteiger partial charge on any atom is 0.290 e. The van der Waals surface area contributed by atoms with Crippen molar-refractivity contribution in [3.8, 4) is 6.07 Å². The van der Waals surface area contributed by atoms with Crippen LogP contribution in [0.3, 0.4) is 0 Å². The highest BCUT2D eigenvalue weighted by Crippen LogP contribution is 2.34. The van der Waals surface area contributed by atoms with E-state index in [0.29, 0.717) is 29.5 Å². The van der Waals surface area contributed by atoms with Gasteiger partial charge in [0.2, 0.25) is 0 Å². The van der Waals surface area contributed by atoms with Crippen LogP contribution in [0.4, 0.5) is 0 Å². The number of aromatic nitrogens is 3. The van der Waals surface area contributed by atoms with Gasteiger partial charge in [0.1, 0.15) is 5.52 Å². The Balaban J connectivity index is 1.30. The van der Waals surface area contributed by atoms with Gasteiger partial charge in [0, 0.05) is 24.7 Å². The fourth-order valence-corrected chi connectivity index (χ4v) is 5.23. The van der Waals surface area contributed by atoms with Gasteiger partial charge in [-0.25, -0.2) is 9.97 Å². The Hall–Kier alpha value is -3.70. The van der Waals surface area contributed by atoms with E-state index in [1.54, 1.807) is 18.2 Å². The minimum absolute atomic E-state index is 0.100. The third-order valence-corrected chi connectivity index (χ3v) is 6.97. The van der Waals surface area contributed by atoms with Gasteiger partial charge in [-0.2, -0.15) is 5.26 Å². The molecule has 174 valence electrons. The number of H-pyrrole nitrogens is 1. The molecule has 0 bridgehead atoms. The lowest BCUT2D eigenvalue weighted by Gasteiger charge is -2.46.